The van der Waals surface area contributed by atoms with Crippen molar-refractivity contribution in [3.63, 3.8) is 0 Å². The fraction of sp³-hybridized carbons (Fsp3) is 0.357. The van der Waals surface area contributed by atoms with Crippen molar-refractivity contribution in [2.24, 2.45) is 0 Å². The van der Waals surface area contributed by atoms with Gasteiger partial charge in [-0.15, -0.1) is 0 Å². The number of anilines is 2. The summed E-state index contributed by atoms with van der Waals surface area (Å²) in [4.78, 5) is 13.7. The summed E-state index contributed by atoms with van der Waals surface area (Å²) in [5.74, 6) is 0. The highest BCUT2D eigenvalue weighted by atomic mass is 16.2. The summed E-state index contributed by atoms with van der Waals surface area (Å²) >= 11 is 0. The fourth-order valence-electron chi connectivity index (χ4n) is 1.70. The van der Waals surface area contributed by atoms with Crippen molar-refractivity contribution in [2.45, 2.75) is 20.8 Å². The minimum absolute atomic E-state index is 0.266. The first-order valence-electron chi connectivity index (χ1n) is 6.15. The van der Waals surface area contributed by atoms with E-state index in [0.29, 0.717) is 5.70 Å². The molecule has 0 spiro atoms. The van der Waals surface area contributed by atoms with E-state index >= 15 is 0 Å². The van der Waals surface area contributed by atoms with Crippen LogP contribution in [0.1, 0.15) is 20.8 Å². The Morgan fingerprint density at radius 2 is 1.78 bits per heavy atom. The van der Waals surface area contributed by atoms with E-state index in [4.69, 9.17) is 0 Å². The zero-order valence-corrected chi connectivity index (χ0v) is 11.3. The third kappa shape index (κ3) is 4.13. The standard InChI is InChI=1S/C14H21N3O/c1-5-17(6-2)13-9-7-12(8-10-13)16-14(18)15-11(3)4/h7-10H,3,5-6H2,1-2,4H3,(H2,15,16,18). The summed E-state index contributed by atoms with van der Waals surface area (Å²) in [7, 11) is 0. The first-order valence-corrected chi connectivity index (χ1v) is 6.15. The highest BCUT2D eigenvalue weighted by Gasteiger charge is 2.03. The van der Waals surface area contributed by atoms with Gasteiger partial charge in [-0.3, -0.25) is 0 Å². The minimum atomic E-state index is -0.266. The van der Waals surface area contributed by atoms with Gasteiger partial charge >= 0.3 is 6.03 Å². The van der Waals surface area contributed by atoms with Crippen LogP contribution in [0.3, 0.4) is 0 Å². The number of rotatable bonds is 5. The summed E-state index contributed by atoms with van der Waals surface area (Å²) < 4.78 is 0. The van der Waals surface area contributed by atoms with Crippen LogP contribution < -0.4 is 15.5 Å². The number of benzene rings is 1. The molecule has 0 radical (unpaired) electrons. The molecule has 0 aliphatic rings. The number of urea groups is 1. The first kappa shape index (κ1) is 14.1. The molecule has 2 N–H and O–H groups in total. The van der Waals surface area contributed by atoms with Crippen molar-refractivity contribution in [1.82, 2.24) is 5.32 Å². The Morgan fingerprint density at radius 3 is 2.22 bits per heavy atom. The smallest absolute Gasteiger partial charge is 0.323 e. The van der Waals surface area contributed by atoms with Gasteiger partial charge < -0.3 is 15.5 Å². The normalized spacial score (nSPS) is 9.72. The van der Waals surface area contributed by atoms with E-state index in [1.54, 1.807) is 6.92 Å². The van der Waals surface area contributed by atoms with Crippen molar-refractivity contribution in [2.75, 3.05) is 23.3 Å². The second kappa shape index (κ2) is 6.69. The molecule has 1 aromatic carbocycles. The van der Waals surface area contributed by atoms with Crippen molar-refractivity contribution >= 4 is 17.4 Å². The van der Waals surface area contributed by atoms with Crippen LogP contribution in [0.2, 0.25) is 0 Å². The monoisotopic (exact) mass is 247 g/mol. The lowest BCUT2D eigenvalue weighted by Gasteiger charge is -2.21. The van der Waals surface area contributed by atoms with Gasteiger partial charge in [-0.25, -0.2) is 4.79 Å². The van der Waals surface area contributed by atoms with Gasteiger partial charge in [-0.1, -0.05) is 6.58 Å². The lowest BCUT2D eigenvalue weighted by Crippen LogP contribution is -2.26. The fourth-order valence-corrected chi connectivity index (χ4v) is 1.70. The molecule has 0 bridgehead atoms. The molecule has 18 heavy (non-hydrogen) atoms. The van der Waals surface area contributed by atoms with Crippen LogP contribution >= 0.6 is 0 Å². The largest absolute Gasteiger partial charge is 0.372 e. The molecule has 2 amide bonds. The molecule has 0 unspecified atom stereocenters. The van der Waals surface area contributed by atoms with E-state index in [0.717, 1.165) is 24.5 Å². The molecule has 0 saturated heterocycles. The summed E-state index contributed by atoms with van der Waals surface area (Å²) in [5, 5.41) is 5.34. The maximum absolute atomic E-state index is 11.5. The van der Waals surface area contributed by atoms with Crippen LogP contribution in [-0.4, -0.2) is 19.1 Å². The molecule has 0 aliphatic heterocycles. The summed E-state index contributed by atoms with van der Waals surface area (Å²) in [6, 6.07) is 7.53. The number of nitrogens with zero attached hydrogens (tertiary/aromatic N) is 1. The van der Waals surface area contributed by atoms with Gasteiger partial charge in [0.25, 0.3) is 0 Å². The van der Waals surface area contributed by atoms with Crippen LogP contribution in [-0.2, 0) is 0 Å². The molecule has 4 heteroatoms. The van der Waals surface area contributed by atoms with Crippen molar-refractivity contribution < 1.29 is 4.79 Å². The Labute approximate surface area is 109 Å². The Hall–Kier alpha value is -1.97. The average molecular weight is 247 g/mol. The number of carbonyl (C=O) groups is 1. The number of carbonyl (C=O) groups excluding carboxylic acids is 1. The molecule has 0 aromatic heterocycles. The van der Waals surface area contributed by atoms with Crippen LogP contribution in [0.5, 0.6) is 0 Å². The number of amides is 2. The summed E-state index contributed by atoms with van der Waals surface area (Å²) in [6.45, 7) is 11.5. The molecule has 0 fully saturated rings. The second-order valence-electron chi connectivity index (χ2n) is 4.08. The number of allylic oxidation sites excluding steroid dienone is 1. The predicted molar refractivity (Wildman–Crippen MR) is 77.0 cm³/mol. The van der Waals surface area contributed by atoms with E-state index in [-0.39, 0.29) is 6.03 Å². The maximum Gasteiger partial charge on any atom is 0.323 e. The van der Waals surface area contributed by atoms with Crippen molar-refractivity contribution in [3.05, 3.63) is 36.5 Å². The van der Waals surface area contributed by atoms with Gasteiger partial charge in [-0.05, 0) is 45.0 Å². The van der Waals surface area contributed by atoms with Crippen molar-refractivity contribution in [1.29, 1.82) is 0 Å². The third-order valence-electron chi connectivity index (χ3n) is 2.58. The molecule has 0 heterocycles. The van der Waals surface area contributed by atoms with Crippen LogP contribution in [0.25, 0.3) is 0 Å². The molecule has 98 valence electrons. The SMILES string of the molecule is C=C(C)NC(=O)Nc1ccc(N(CC)CC)cc1. The summed E-state index contributed by atoms with van der Waals surface area (Å²) in [6.07, 6.45) is 0. The molecule has 1 aromatic rings. The Morgan fingerprint density at radius 1 is 1.22 bits per heavy atom. The van der Waals surface area contributed by atoms with Gasteiger partial charge in [0.1, 0.15) is 0 Å². The molecular weight excluding hydrogens is 226 g/mol. The maximum atomic E-state index is 11.5. The van der Waals surface area contributed by atoms with Crippen LogP contribution in [0, 0.1) is 0 Å². The van der Waals surface area contributed by atoms with E-state index < -0.39 is 0 Å². The third-order valence-corrected chi connectivity index (χ3v) is 2.58. The van der Waals surface area contributed by atoms with Crippen molar-refractivity contribution in [3.8, 4) is 0 Å². The number of hydrogen-bond donors (Lipinski definition) is 2. The lowest BCUT2D eigenvalue weighted by molar-refractivity contribution is 0.254. The number of nitrogens with one attached hydrogen (secondary N) is 2. The van der Waals surface area contributed by atoms with E-state index in [1.807, 2.05) is 24.3 Å². The quantitative estimate of drug-likeness (QED) is 0.839. The zero-order valence-electron chi connectivity index (χ0n) is 11.3. The molecule has 1 rings (SSSR count). The molecule has 0 saturated carbocycles. The Bertz CT molecular complexity index is 408. The van der Waals surface area contributed by atoms with Crippen LogP contribution in [0.15, 0.2) is 36.5 Å². The molecule has 0 aliphatic carbocycles. The van der Waals surface area contributed by atoms with Gasteiger partial charge in [-0.2, -0.15) is 0 Å². The molecular formula is C14H21N3O. The van der Waals surface area contributed by atoms with E-state index in [9.17, 15) is 4.79 Å². The number of hydrogen-bond acceptors (Lipinski definition) is 2. The molecule has 0 atom stereocenters. The predicted octanol–water partition coefficient (Wildman–Crippen LogP) is 3.19. The minimum Gasteiger partial charge on any atom is -0.372 e. The Balaban J connectivity index is 2.65. The van der Waals surface area contributed by atoms with Gasteiger partial charge in [0.05, 0.1) is 0 Å². The van der Waals surface area contributed by atoms with Gasteiger partial charge in [0, 0.05) is 30.2 Å². The van der Waals surface area contributed by atoms with E-state index in [1.165, 1.54) is 0 Å². The van der Waals surface area contributed by atoms with Crippen LogP contribution in [0.4, 0.5) is 16.2 Å². The highest BCUT2D eigenvalue weighted by molar-refractivity contribution is 5.90. The summed E-state index contributed by atoms with van der Waals surface area (Å²) in [5.41, 5.74) is 2.54. The lowest BCUT2D eigenvalue weighted by atomic mass is 10.2. The first-order chi connectivity index (χ1) is 8.56. The second-order valence-corrected chi connectivity index (χ2v) is 4.08. The molecule has 4 nitrogen and oxygen atoms in total. The zero-order chi connectivity index (χ0) is 13.5. The Kier molecular flexibility index (Phi) is 5.24. The topological polar surface area (TPSA) is 44.4 Å². The average Bonchev–Trinajstić information content (AvgIpc) is 2.31. The van der Waals surface area contributed by atoms with Gasteiger partial charge in [0.2, 0.25) is 0 Å². The van der Waals surface area contributed by atoms with E-state index in [2.05, 4.69) is 36.0 Å². The van der Waals surface area contributed by atoms with Gasteiger partial charge in [0.15, 0.2) is 0 Å². The highest BCUT2D eigenvalue weighted by Crippen LogP contribution is 2.17.